The van der Waals surface area contributed by atoms with Crippen LogP contribution in [0, 0.1) is 11.3 Å². The van der Waals surface area contributed by atoms with Gasteiger partial charge in [-0.2, -0.15) is 0 Å². The van der Waals surface area contributed by atoms with Crippen molar-refractivity contribution in [2.75, 3.05) is 18.6 Å². The SMILES string of the molecule is COC(=O)C1(CCC(C)C)CCS(=O)(=O)CC1(F)F. The lowest BCUT2D eigenvalue weighted by atomic mass is 9.74. The fourth-order valence-electron chi connectivity index (χ4n) is 2.39. The zero-order chi connectivity index (χ0) is 14.9. The van der Waals surface area contributed by atoms with Crippen LogP contribution in [0.5, 0.6) is 0 Å². The number of alkyl halides is 2. The zero-order valence-corrected chi connectivity index (χ0v) is 12.2. The summed E-state index contributed by atoms with van der Waals surface area (Å²) in [5.41, 5.74) is -2.00. The van der Waals surface area contributed by atoms with Crippen LogP contribution in [0.2, 0.25) is 0 Å². The summed E-state index contributed by atoms with van der Waals surface area (Å²) in [6.45, 7) is 3.73. The molecule has 1 fully saturated rings. The highest BCUT2D eigenvalue weighted by Crippen LogP contribution is 2.49. The minimum Gasteiger partial charge on any atom is -0.468 e. The number of methoxy groups -OCH3 is 1. The topological polar surface area (TPSA) is 60.4 Å². The molecule has 19 heavy (non-hydrogen) atoms. The summed E-state index contributed by atoms with van der Waals surface area (Å²) < 4.78 is 55.7. The first-order chi connectivity index (χ1) is 8.56. The Balaban J connectivity index is 3.13. The molecule has 7 heteroatoms. The Morgan fingerprint density at radius 1 is 1.37 bits per heavy atom. The maximum atomic E-state index is 14.2. The Bertz CT molecular complexity index is 445. The van der Waals surface area contributed by atoms with Crippen molar-refractivity contribution in [3.63, 3.8) is 0 Å². The first-order valence-corrected chi connectivity index (χ1v) is 8.05. The van der Waals surface area contributed by atoms with Crippen molar-refractivity contribution in [3.05, 3.63) is 0 Å². The Morgan fingerprint density at radius 2 is 1.95 bits per heavy atom. The fourth-order valence-corrected chi connectivity index (χ4v) is 4.02. The quantitative estimate of drug-likeness (QED) is 0.745. The Labute approximate surface area is 112 Å². The van der Waals surface area contributed by atoms with Crippen LogP contribution < -0.4 is 0 Å². The zero-order valence-electron chi connectivity index (χ0n) is 11.4. The average Bonchev–Trinajstić information content (AvgIpc) is 2.25. The molecule has 1 aliphatic heterocycles. The number of hydrogen-bond donors (Lipinski definition) is 0. The number of rotatable bonds is 4. The van der Waals surface area contributed by atoms with Crippen molar-refractivity contribution in [3.8, 4) is 0 Å². The molecule has 1 unspecified atom stereocenters. The van der Waals surface area contributed by atoms with Gasteiger partial charge in [0.1, 0.15) is 11.2 Å². The third-order valence-corrected chi connectivity index (χ3v) is 5.29. The first-order valence-electron chi connectivity index (χ1n) is 6.23. The maximum absolute atomic E-state index is 14.2. The molecule has 0 aromatic heterocycles. The van der Waals surface area contributed by atoms with Crippen LogP contribution in [0.25, 0.3) is 0 Å². The number of hydrogen-bond acceptors (Lipinski definition) is 4. The summed E-state index contributed by atoms with van der Waals surface area (Å²) in [5, 5.41) is 0. The van der Waals surface area contributed by atoms with Crippen LogP contribution in [-0.2, 0) is 19.4 Å². The highest BCUT2D eigenvalue weighted by molar-refractivity contribution is 7.91. The van der Waals surface area contributed by atoms with Gasteiger partial charge in [-0.15, -0.1) is 0 Å². The van der Waals surface area contributed by atoms with Crippen LogP contribution in [-0.4, -0.2) is 38.9 Å². The van der Waals surface area contributed by atoms with Gasteiger partial charge in [0.2, 0.25) is 0 Å². The number of halogens is 2. The number of ether oxygens (including phenoxy) is 1. The van der Waals surface area contributed by atoms with E-state index in [9.17, 15) is 22.0 Å². The number of carbonyl (C=O) groups is 1. The minimum atomic E-state index is -3.80. The molecule has 4 nitrogen and oxygen atoms in total. The van der Waals surface area contributed by atoms with E-state index in [1.807, 2.05) is 13.8 Å². The lowest BCUT2D eigenvalue weighted by molar-refractivity contribution is -0.182. The fraction of sp³-hybridized carbons (Fsp3) is 0.917. The van der Waals surface area contributed by atoms with E-state index in [0.717, 1.165) is 7.11 Å². The van der Waals surface area contributed by atoms with Crippen LogP contribution in [0.15, 0.2) is 0 Å². The van der Waals surface area contributed by atoms with Crippen LogP contribution in [0.3, 0.4) is 0 Å². The molecule has 0 saturated carbocycles. The molecule has 0 radical (unpaired) electrons. The summed E-state index contributed by atoms with van der Waals surface area (Å²) in [4.78, 5) is 11.8. The third-order valence-electron chi connectivity index (χ3n) is 3.67. The number of esters is 1. The van der Waals surface area contributed by atoms with Crippen LogP contribution in [0.1, 0.15) is 33.1 Å². The Kier molecular flexibility index (Phi) is 4.59. The predicted molar refractivity (Wildman–Crippen MR) is 66.7 cm³/mol. The summed E-state index contributed by atoms with van der Waals surface area (Å²) in [7, 11) is -2.75. The van der Waals surface area contributed by atoms with Crippen LogP contribution in [0.4, 0.5) is 8.78 Å². The van der Waals surface area contributed by atoms with Crippen molar-refractivity contribution in [1.29, 1.82) is 0 Å². The van der Waals surface area contributed by atoms with E-state index in [1.165, 1.54) is 0 Å². The van der Waals surface area contributed by atoms with E-state index < -0.39 is 38.6 Å². The number of carbonyl (C=O) groups excluding carboxylic acids is 1. The molecular formula is C12H20F2O4S. The molecular weight excluding hydrogens is 278 g/mol. The van der Waals surface area contributed by atoms with E-state index in [1.54, 1.807) is 0 Å². The average molecular weight is 298 g/mol. The van der Waals surface area contributed by atoms with Gasteiger partial charge in [0.15, 0.2) is 9.84 Å². The smallest absolute Gasteiger partial charge is 0.318 e. The monoisotopic (exact) mass is 298 g/mol. The summed E-state index contributed by atoms with van der Waals surface area (Å²) >= 11 is 0. The molecule has 0 aromatic rings. The number of sulfone groups is 1. The second kappa shape index (κ2) is 5.34. The standard InChI is InChI=1S/C12H20F2O4S/c1-9(2)4-5-11(10(15)18-3)6-7-19(16,17)8-12(11,13)14/h9H,4-8H2,1-3H3. The molecule has 0 amide bonds. The second-order valence-corrected chi connectivity index (χ2v) is 7.74. The van der Waals surface area contributed by atoms with Crippen LogP contribution >= 0.6 is 0 Å². The predicted octanol–water partition coefficient (Wildman–Crippen LogP) is 2.04. The van der Waals surface area contributed by atoms with Gasteiger partial charge < -0.3 is 4.74 Å². The van der Waals surface area contributed by atoms with E-state index in [4.69, 9.17) is 0 Å². The van der Waals surface area contributed by atoms with Gasteiger partial charge in [-0.3, -0.25) is 4.79 Å². The summed E-state index contributed by atoms with van der Waals surface area (Å²) in [5.74, 6) is -6.10. The maximum Gasteiger partial charge on any atom is 0.318 e. The third kappa shape index (κ3) is 3.24. The van der Waals surface area contributed by atoms with Crippen molar-refractivity contribution in [2.24, 2.45) is 11.3 Å². The van der Waals surface area contributed by atoms with E-state index in [0.29, 0.717) is 6.42 Å². The normalized spacial score (nSPS) is 29.2. The lowest BCUT2D eigenvalue weighted by Crippen LogP contribution is -2.56. The highest BCUT2D eigenvalue weighted by Gasteiger charge is 2.63. The van der Waals surface area contributed by atoms with Gasteiger partial charge in [0.05, 0.1) is 12.9 Å². The Morgan fingerprint density at radius 3 is 2.37 bits per heavy atom. The van der Waals surface area contributed by atoms with Crippen molar-refractivity contribution < 1.29 is 26.7 Å². The molecule has 1 saturated heterocycles. The van der Waals surface area contributed by atoms with Gasteiger partial charge >= 0.3 is 5.97 Å². The van der Waals surface area contributed by atoms with Crippen molar-refractivity contribution in [1.82, 2.24) is 0 Å². The molecule has 0 bridgehead atoms. The van der Waals surface area contributed by atoms with Gasteiger partial charge in [-0.1, -0.05) is 13.8 Å². The summed E-state index contributed by atoms with van der Waals surface area (Å²) in [6, 6.07) is 0. The summed E-state index contributed by atoms with van der Waals surface area (Å²) in [6.07, 6.45) is -0.00761. The molecule has 1 rings (SSSR count). The van der Waals surface area contributed by atoms with E-state index in [-0.39, 0.29) is 18.8 Å². The Hall–Kier alpha value is -0.720. The van der Waals surface area contributed by atoms with Gasteiger partial charge in [0, 0.05) is 0 Å². The molecule has 0 N–H and O–H groups in total. The first kappa shape index (κ1) is 16.3. The van der Waals surface area contributed by atoms with Crippen molar-refractivity contribution in [2.45, 2.75) is 39.0 Å². The molecule has 1 aliphatic rings. The van der Waals surface area contributed by atoms with Gasteiger partial charge in [0.25, 0.3) is 5.92 Å². The molecule has 1 heterocycles. The molecule has 112 valence electrons. The van der Waals surface area contributed by atoms with Gasteiger partial charge in [-0.25, -0.2) is 17.2 Å². The lowest BCUT2D eigenvalue weighted by Gasteiger charge is -2.41. The largest absolute Gasteiger partial charge is 0.468 e. The molecule has 0 spiro atoms. The van der Waals surface area contributed by atoms with Crippen molar-refractivity contribution >= 4 is 15.8 Å². The minimum absolute atomic E-state index is 0.0557. The van der Waals surface area contributed by atoms with E-state index >= 15 is 0 Å². The molecule has 0 aromatic carbocycles. The second-order valence-electron chi connectivity index (χ2n) is 5.55. The highest BCUT2D eigenvalue weighted by atomic mass is 32.2. The molecule has 0 aliphatic carbocycles. The van der Waals surface area contributed by atoms with E-state index in [2.05, 4.69) is 4.74 Å². The van der Waals surface area contributed by atoms with Gasteiger partial charge in [-0.05, 0) is 25.2 Å². The molecule has 1 atom stereocenters.